The maximum absolute atomic E-state index is 12.6. The highest BCUT2D eigenvalue weighted by atomic mass is 16.5. The molecule has 2 aromatic carbocycles. The van der Waals surface area contributed by atoms with Crippen LogP contribution in [0.15, 0.2) is 48.5 Å². The second-order valence-corrected chi connectivity index (χ2v) is 6.33. The van der Waals surface area contributed by atoms with E-state index in [1.54, 1.807) is 48.5 Å². The summed E-state index contributed by atoms with van der Waals surface area (Å²) in [5, 5.41) is 14.5. The average molecular weight is 365 g/mol. The first kappa shape index (κ1) is 20.0. The van der Waals surface area contributed by atoms with E-state index in [4.69, 9.17) is 10.00 Å². The minimum absolute atomic E-state index is 0.115. The van der Waals surface area contributed by atoms with Crippen LogP contribution in [0.25, 0.3) is 0 Å². The molecule has 0 spiro atoms. The summed E-state index contributed by atoms with van der Waals surface area (Å²) in [4.78, 5) is 25.1. The highest BCUT2D eigenvalue weighted by Crippen LogP contribution is 2.14. The van der Waals surface area contributed by atoms with Crippen molar-refractivity contribution in [3.8, 4) is 11.8 Å². The molecule has 0 saturated heterocycles. The van der Waals surface area contributed by atoms with Gasteiger partial charge in [-0.25, -0.2) is 0 Å². The van der Waals surface area contributed by atoms with Crippen LogP contribution in [-0.2, 0) is 4.79 Å². The van der Waals surface area contributed by atoms with Gasteiger partial charge in [0.15, 0.2) is 0 Å². The predicted molar refractivity (Wildman–Crippen MR) is 103 cm³/mol. The Labute approximate surface area is 159 Å². The lowest BCUT2D eigenvalue weighted by Crippen LogP contribution is -2.47. The summed E-state index contributed by atoms with van der Waals surface area (Å²) < 4.78 is 5.36. The van der Waals surface area contributed by atoms with E-state index in [0.29, 0.717) is 29.2 Å². The van der Waals surface area contributed by atoms with Gasteiger partial charge in [0.1, 0.15) is 11.8 Å². The summed E-state index contributed by atoms with van der Waals surface area (Å²) in [5.74, 6) is -0.0996. The molecule has 0 aliphatic carbocycles. The normalized spacial score (nSPS) is 11.4. The molecule has 2 aromatic rings. The van der Waals surface area contributed by atoms with Gasteiger partial charge in [0.25, 0.3) is 5.91 Å². The van der Waals surface area contributed by atoms with Crippen molar-refractivity contribution in [3.05, 3.63) is 59.7 Å². The second kappa shape index (κ2) is 9.39. The monoisotopic (exact) mass is 365 g/mol. The fourth-order valence-electron chi connectivity index (χ4n) is 2.52. The Morgan fingerprint density at radius 2 is 1.85 bits per heavy atom. The molecule has 2 rings (SSSR count). The molecule has 0 aliphatic heterocycles. The van der Waals surface area contributed by atoms with Crippen molar-refractivity contribution in [1.29, 1.82) is 5.26 Å². The third-order valence-corrected chi connectivity index (χ3v) is 3.92. The zero-order valence-corrected chi connectivity index (χ0v) is 15.7. The van der Waals surface area contributed by atoms with Crippen molar-refractivity contribution >= 4 is 17.5 Å². The highest BCUT2D eigenvalue weighted by molar-refractivity contribution is 6.01. The number of rotatable bonds is 7. The predicted octanol–water partition coefficient (Wildman–Crippen LogP) is 3.35. The Morgan fingerprint density at radius 1 is 1.15 bits per heavy atom. The molecule has 2 amide bonds. The molecule has 0 saturated carbocycles. The SMILES string of the molecule is CCOc1ccc(C(=O)N[C@@H](C(=O)Nc2cccc(C#N)c2)C(C)C)cc1. The van der Waals surface area contributed by atoms with Gasteiger partial charge in [0, 0.05) is 11.3 Å². The first-order valence-corrected chi connectivity index (χ1v) is 8.79. The standard InChI is InChI=1S/C21H23N3O3/c1-4-27-18-10-8-16(9-11-18)20(25)24-19(14(2)3)21(26)23-17-7-5-6-15(12-17)13-22/h5-12,14,19H,4H2,1-3H3,(H,23,26)(H,24,25)/t19-/m1/s1. The fraction of sp³-hybridized carbons (Fsp3) is 0.286. The smallest absolute Gasteiger partial charge is 0.251 e. The van der Waals surface area contributed by atoms with Crippen LogP contribution in [0.2, 0.25) is 0 Å². The van der Waals surface area contributed by atoms with Crippen LogP contribution in [0, 0.1) is 17.2 Å². The molecule has 0 bridgehead atoms. The maximum atomic E-state index is 12.6. The van der Waals surface area contributed by atoms with Gasteiger partial charge in [-0.3, -0.25) is 9.59 Å². The van der Waals surface area contributed by atoms with Crippen molar-refractivity contribution in [2.24, 2.45) is 5.92 Å². The van der Waals surface area contributed by atoms with Crippen molar-refractivity contribution in [2.45, 2.75) is 26.8 Å². The van der Waals surface area contributed by atoms with Gasteiger partial charge < -0.3 is 15.4 Å². The zero-order valence-electron chi connectivity index (χ0n) is 15.7. The zero-order chi connectivity index (χ0) is 19.8. The van der Waals surface area contributed by atoms with Crippen LogP contribution in [0.5, 0.6) is 5.75 Å². The molecule has 0 aromatic heterocycles. The third-order valence-electron chi connectivity index (χ3n) is 3.92. The summed E-state index contributed by atoms with van der Waals surface area (Å²) in [6, 6.07) is 14.7. The molecular formula is C21H23N3O3. The van der Waals surface area contributed by atoms with Crippen LogP contribution in [-0.4, -0.2) is 24.5 Å². The Hall–Kier alpha value is -3.33. The van der Waals surface area contributed by atoms with E-state index in [0.717, 1.165) is 0 Å². The summed E-state index contributed by atoms with van der Waals surface area (Å²) in [6.45, 7) is 6.15. The minimum Gasteiger partial charge on any atom is -0.494 e. The number of nitrogens with one attached hydrogen (secondary N) is 2. The summed E-state index contributed by atoms with van der Waals surface area (Å²) in [6.07, 6.45) is 0. The minimum atomic E-state index is -0.713. The van der Waals surface area contributed by atoms with E-state index in [1.165, 1.54) is 0 Å². The van der Waals surface area contributed by atoms with Crippen LogP contribution in [0.4, 0.5) is 5.69 Å². The van der Waals surface area contributed by atoms with E-state index >= 15 is 0 Å². The van der Waals surface area contributed by atoms with Gasteiger partial charge in [-0.2, -0.15) is 5.26 Å². The second-order valence-electron chi connectivity index (χ2n) is 6.33. The molecule has 1 atom stereocenters. The van der Waals surface area contributed by atoms with E-state index in [-0.39, 0.29) is 17.7 Å². The van der Waals surface area contributed by atoms with E-state index in [9.17, 15) is 9.59 Å². The highest BCUT2D eigenvalue weighted by Gasteiger charge is 2.25. The maximum Gasteiger partial charge on any atom is 0.251 e. The van der Waals surface area contributed by atoms with Crippen molar-refractivity contribution < 1.29 is 14.3 Å². The molecule has 6 nitrogen and oxygen atoms in total. The van der Waals surface area contributed by atoms with E-state index in [2.05, 4.69) is 10.6 Å². The third kappa shape index (κ3) is 5.58. The number of benzene rings is 2. The Morgan fingerprint density at radius 3 is 2.44 bits per heavy atom. The van der Waals surface area contributed by atoms with Crippen LogP contribution >= 0.6 is 0 Å². The lowest BCUT2D eigenvalue weighted by atomic mass is 10.0. The Kier molecular flexibility index (Phi) is 6.95. The van der Waals surface area contributed by atoms with Crippen molar-refractivity contribution in [1.82, 2.24) is 5.32 Å². The molecule has 0 heterocycles. The largest absolute Gasteiger partial charge is 0.494 e. The molecule has 27 heavy (non-hydrogen) atoms. The molecule has 0 radical (unpaired) electrons. The van der Waals surface area contributed by atoms with Gasteiger partial charge in [-0.15, -0.1) is 0 Å². The Bertz CT molecular complexity index is 838. The topological polar surface area (TPSA) is 91.2 Å². The number of nitriles is 1. The summed E-state index contributed by atoms with van der Waals surface area (Å²) >= 11 is 0. The molecule has 0 aliphatic rings. The lowest BCUT2D eigenvalue weighted by molar-refractivity contribution is -0.118. The van der Waals surface area contributed by atoms with Crippen molar-refractivity contribution in [3.63, 3.8) is 0 Å². The number of anilines is 1. The van der Waals surface area contributed by atoms with Gasteiger partial charge in [-0.05, 0) is 55.3 Å². The van der Waals surface area contributed by atoms with Crippen LogP contribution in [0.1, 0.15) is 36.7 Å². The Balaban J connectivity index is 2.08. The number of carbonyl (C=O) groups excluding carboxylic acids is 2. The van der Waals surface area contributed by atoms with Crippen LogP contribution < -0.4 is 15.4 Å². The molecule has 0 fully saturated rings. The van der Waals surface area contributed by atoms with Crippen molar-refractivity contribution in [2.75, 3.05) is 11.9 Å². The van der Waals surface area contributed by atoms with Gasteiger partial charge in [0.05, 0.1) is 18.2 Å². The van der Waals surface area contributed by atoms with Gasteiger partial charge in [0.2, 0.25) is 5.91 Å². The first-order valence-electron chi connectivity index (χ1n) is 8.79. The quantitative estimate of drug-likeness (QED) is 0.787. The number of hydrogen-bond acceptors (Lipinski definition) is 4. The summed E-state index contributed by atoms with van der Waals surface area (Å²) in [5.41, 5.74) is 1.41. The first-order chi connectivity index (χ1) is 12.9. The lowest BCUT2D eigenvalue weighted by Gasteiger charge is -2.22. The number of ether oxygens (including phenoxy) is 1. The molecule has 140 valence electrons. The van der Waals surface area contributed by atoms with Gasteiger partial charge >= 0.3 is 0 Å². The molecule has 6 heteroatoms. The molecule has 2 N–H and O–H groups in total. The summed E-state index contributed by atoms with van der Waals surface area (Å²) in [7, 11) is 0. The fourth-order valence-corrected chi connectivity index (χ4v) is 2.52. The average Bonchev–Trinajstić information content (AvgIpc) is 2.66. The number of nitrogens with zero attached hydrogens (tertiary/aromatic N) is 1. The van der Waals surface area contributed by atoms with Gasteiger partial charge in [-0.1, -0.05) is 19.9 Å². The number of amides is 2. The van der Waals surface area contributed by atoms with Crippen LogP contribution in [0.3, 0.4) is 0 Å². The molecule has 0 unspecified atom stereocenters. The van der Waals surface area contributed by atoms with E-state index < -0.39 is 6.04 Å². The number of carbonyl (C=O) groups is 2. The number of hydrogen-bond donors (Lipinski definition) is 2. The molecular weight excluding hydrogens is 342 g/mol. The van der Waals surface area contributed by atoms with E-state index in [1.807, 2.05) is 26.8 Å².